The number of hydrogen-bond donors (Lipinski definition) is 2. The Morgan fingerprint density at radius 3 is 3.20 bits per heavy atom. The summed E-state index contributed by atoms with van der Waals surface area (Å²) in [4.78, 5) is 8.29. The number of fused-ring (bicyclic) bond motifs is 1. The van der Waals surface area contributed by atoms with Crippen LogP contribution in [0.25, 0.3) is 0 Å². The highest BCUT2D eigenvalue weighted by atomic mass is 32.1. The molecule has 1 aromatic heterocycles. The molecule has 4 nitrogen and oxygen atoms in total. The van der Waals surface area contributed by atoms with Gasteiger partial charge in [-0.1, -0.05) is 6.08 Å². The zero-order chi connectivity index (χ0) is 14.4. The molecule has 2 heterocycles. The number of thiophene rings is 1. The standard InChI is InChI=1S/C15H24N4S/c1-4-7-17-15(16-3)18-10-12(2)19-8-5-14-13(11-19)6-9-20-14/h4,6,9,12H,1,5,7-8,10-11H2,2-3H3,(H2,16,17,18). The highest BCUT2D eigenvalue weighted by Gasteiger charge is 2.21. The van der Waals surface area contributed by atoms with Crippen LogP contribution in [0.5, 0.6) is 0 Å². The van der Waals surface area contributed by atoms with E-state index >= 15 is 0 Å². The van der Waals surface area contributed by atoms with Crippen molar-refractivity contribution in [1.82, 2.24) is 15.5 Å². The highest BCUT2D eigenvalue weighted by Crippen LogP contribution is 2.24. The molecule has 1 unspecified atom stereocenters. The van der Waals surface area contributed by atoms with Gasteiger partial charge in [0.25, 0.3) is 0 Å². The van der Waals surface area contributed by atoms with Gasteiger partial charge < -0.3 is 10.6 Å². The van der Waals surface area contributed by atoms with Crippen LogP contribution in [0.1, 0.15) is 17.4 Å². The van der Waals surface area contributed by atoms with Crippen molar-refractivity contribution >= 4 is 17.3 Å². The van der Waals surface area contributed by atoms with Crippen molar-refractivity contribution in [3.63, 3.8) is 0 Å². The first-order valence-corrected chi connectivity index (χ1v) is 7.97. The number of aliphatic imine (C=N–C) groups is 1. The summed E-state index contributed by atoms with van der Waals surface area (Å²) in [6.07, 6.45) is 3.01. The molecule has 2 rings (SSSR count). The maximum Gasteiger partial charge on any atom is 0.191 e. The van der Waals surface area contributed by atoms with Gasteiger partial charge in [0.05, 0.1) is 0 Å². The summed E-state index contributed by atoms with van der Waals surface area (Å²) < 4.78 is 0. The van der Waals surface area contributed by atoms with Crippen molar-refractivity contribution < 1.29 is 0 Å². The summed E-state index contributed by atoms with van der Waals surface area (Å²) in [7, 11) is 1.79. The monoisotopic (exact) mass is 292 g/mol. The first-order chi connectivity index (χ1) is 9.74. The van der Waals surface area contributed by atoms with Gasteiger partial charge in [-0.15, -0.1) is 17.9 Å². The first-order valence-electron chi connectivity index (χ1n) is 7.09. The molecule has 5 heteroatoms. The average molecular weight is 292 g/mol. The molecule has 1 atom stereocenters. The van der Waals surface area contributed by atoms with Crippen LogP contribution >= 0.6 is 11.3 Å². The predicted octanol–water partition coefficient (Wildman–Crippen LogP) is 1.85. The molecule has 110 valence electrons. The van der Waals surface area contributed by atoms with E-state index in [9.17, 15) is 0 Å². The molecule has 1 aliphatic heterocycles. The minimum Gasteiger partial charge on any atom is -0.355 e. The van der Waals surface area contributed by atoms with Crippen molar-refractivity contribution in [3.8, 4) is 0 Å². The lowest BCUT2D eigenvalue weighted by molar-refractivity contribution is 0.192. The van der Waals surface area contributed by atoms with Crippen LogP contribution in [0.3, 0.4) is 0 Å². The van der Waals surface area contributed by atoms with E-state index in [0.29, 0.717) is 6.04 Å². The lowest BCUT2D eigenvalue weighted by atomic mass is 10.1. The van der Waals surface area contributed by atoms with E-state index in [1.165, 1.54) is 12.0 Å². The quantitative estimate of drug-likeness (QED) is 0.494. The van der Waals surface area contributed by atoms with Gasteiger partial charge in [0.2, 0.25) is 0 Å². The van der Waals surface area contributed by atoms with Crippen molar-refractivity contribution in [3.05, 3.63) is 34.5 Å². The Labute approximate surface area is 125 Å². The minimum atomic E-state index is 0.491. The van der Waals surface area contributed by atoms with Crippen molar-refractivity contribution in [2.45, 2.75) is 25.9 Å². The molecular formula is C15H24N4S. The van der Waals surface area contributed by atoms with Crippen LogP contribution in [0, 0.1) is 0 Å². The van der Waals surface area contributed by atoms with Crippen LogP contribution in [-0.4, -0.2) is 43.6 Å². The predicted molar refractivity (Wildman–Crippen MR) is 87.5 cm³/mol. The number of nitrogens with zero attached hydrogens (tertiary/aromatic N) is 2. The largest absolute Gasteiger partial charge is 0.355 e. The molecule has 0 radical (unpaired) electrons. The lowest BCUT2D eigenvalue weighted by Gasteiger charge is -2.32. The van der Waals surface area contributed by atoms with E-state index in [2.05, 4.69) is 45.5 Å². The van der Waals surface area contributed by atoms with E-state index in [-0.39, 0.29) is 0 Å². The summed E-state index contributed by atoms with van der Waals surface area (Å²) in [6.45, 7) is 9.82. The Kier molecular flexibility index (Phi) is 5.61. The fourth-order valence-electron chi connectivity index (χ4n) is 2.41. The molecule has 1 aromatic rings. The average Bonchev–Trinajstić information content (AvgIpc) is 2.94. The minimum absolute atomic E-state index is 0.491. The smallest absolute Gasteiger partial charge is 0.191 e. The van der Waals surface area contributed by atoms with E-state index in [1.807, 2.05) is 17.4 Å². The molecule has 0 spiro atoms. The second kappa shape index (κ2) is 7.45. The Bertz CT molecular complexity index is 466. The third kappa shape index (κ3) is 3.84. The highest BCUT2D eigenvalue weighted by molar-refractivity contribution is 7.10. The molecule has 0 saturated heterocycles. The number of hydrogen-bond acceptors (Lipinski definition) is 3. The van der Waals surface area contributed by atoms with Crippen LogP contribution in [0.4, 0.5) is 0 Å². The van der Waals surface area contributed by atoms with Gasteiger partial charge >= 0.3 is 0 Å². The summed E-state index contributed by atoms with van der Waals surface area (Å²) in [5.74, 6) is 0.838. The topological polar surface area (TPSA) is 39.7 Å². The molecular weight excluding hydrogens is 268 g/mol. The number of guanidine groups is 1. The summed E-state index contributed by atoms with van der Waals surface area (Å²) in [6, 6.07) is 2.75. The van der Waals surface area contributed by atoms with Gasteiger partial charge in [0, 0.05) is 44.1 Å². The maximum absolute atomic E-state index is 4.20. The Morgan fingerprint density at radius 1 is 1.60 bits per heavy atom. The summed E-state index contributed by atoms with van der Waals surface area (Å²) >= 11 is 1.89. The second-order valence-electron chi connectivity index (χ2n) is 5.06. The van der Waals surface area contributed by atoms with Gasteiger partial charge in [-0.05, 0) is 30.4 Å². The third-order valence-electron chi connectivity index (χ3n) is 3.66. The molecule has 0 aliphatic carbocycles. The molecule has 2 N–H and O–H groups in total. The molecule has 0 amide bonds. The first kappa shape index (κ1) is 15.1. The van der Waals surface area contributed by atoms with E-state index < -0.39 is 0 Å². The third-order valence-corrected chi connectivity index (χ3v) is 4.69. The Hall–Kier alpha value is -1.33. The maximum atomic E-state index is 4.20. The fraction of sp³-hybridized carbons (Fsp3) is 0.533. The SMILES string of the molecule is C=CCNC(=NC)NCC(C)N1CCc2sccc2C1. The summed E-state index contributed by atoms with van der Waals surface area (Å²) in [5, 5.41) is 8.77. The zero-order valence-electron chi connectivity index (χ0n) is 12.4. The van der Waals surface area contributed by atoms with Gasteiger partial charge in [-0.25, -0.2) is 0 Å². The molecule has 0 fully saturated rings. The van der Waals surface area contributed by atoms with Crippen LogP contribution in [0.15, 0.2) is 29.1 Å². The van der Waals surface area contributed by atoms with E-state index in [4.69, 9.17) is 0 Å². The fourth-order valence-corrected chi connectivity index (χ4v) is 3.30. The molecule has 0 bridgehead atoms. The lowest BCUT2D eigenvalue weighted by Crippen LogP contribution is -2.47. The van der Waals surface area contributed by atoms with Crippen LogP contribution < -0.4 is 10.6 Å². The summed E-state index contributed by atoms with van der Waals surface area (Å²) in [5.41, 5.74) is 1.50. The normalized spacial score (nSPS) is 17.4. The van der Waals surface area contributed by atoms with Gasteiger partial charge in [0.1, 0.15) is 0 Å². The Morgan fingerprint density at radius 2 is 2.45 bits per heavy atom. The van der Waals surface area contributed by atoms with Gasteiger partial charge in [-0.2, -0.15) is 0 Å². The number of nitrogens with one attached hydrogen (secondary N) is 2. The van der Waals surface area contributed by atoms with Crippen LogP contribution in [-0.2, 0) is 13.0 Å². The van der Waals surface area contributed by atoms with Gasteiger partial charge in [0.15, 0.2) is 5.96 Å². The van der Waals surface area contributed by atoms with Gasteiger partial charge in [-0.3, -0.25) is 9.89 Å². The second-order valence-corrected chi connectivity index (χ2v) is 6.06. The van der Waals surface area contributed by atoms with Crippen molar-refractivity contribution in [2.75, 3.05) is 26.7 Å². The molecule has 20 heavy (non-hydrogen) atoms. The van der Waals surface area contributed by atoms with E-state index in [1.54, 1.807) is 11.9 Å². The molecule has 0 saturated carbocycles. The van der Waals surface area contributed by atoms with Crippen molar-refractivity contribution in [1.29, 1.82) is 0 Å². The van der Waals surface area contributed by atoms with Crippen molar-refractivity contribution in [2.24, 2.45) is 4.99 Å². The van der Waals surface area contributed by atoms with E-state index in [0.717, 1.165) is 32.1 Å². The molecule has 0 aromatic carbocycles. The van der Waals surface area contributed by atoms with Crippen LogP contribution in [0.2, 0.25) is 0 Å². The zero-order valence-corrected chi connectivity index (χ0v) is 13.2. The Balaban J connectivity index is 1.80. The number of rotatable bonds is 5. The molecule has 1 aliphatic rings.